The van der Waals surface area contributed by atoms with E-state index in [2.05, 4.69) is 38.3 Å². The number of piperidine rings is 1. The fraction of sp³-hybridized carbons (Fsp3) is 0.929. The van der Waals surface area contributed by atoms with Crippen molar-refractivity contribution in [1.29, 1.82) is 0 Å². The van der Waals surface area contributed by atoms with Gasteiger partial charge in [0.15, 0.2) is 0 Å². The lowest BCUT2D eigenvalue weighted by molar-refractivity contribution is -0.128. The summed E-state index contributed by atoms with van der Waals surface area (Å²) in [7, 11) is 0. The van der Waals surface area contributed by atoms with Crippen molar-refractivity contribution in [3.8, 4) is 0 Å². The van der Waals surface area contributed by atoms with Crippen molar-refractivity contribution < 1.29 is 4.79 Å². The first-order valence-electron chi connectivity index (χ1n) is 6.78. The van der Waals surface area contributed by atoms with Gasteiger partial charge in [-0.25, -0.2) is 0 Å². The molecule has 2 N–H and O–H groups in total. The van der Waals surface area contributed by atoms with Crippen LogP contribution in [-0.2, 0) is 4.79 Å². The quantitative estimate of drug-likeness (QED) is 0.773. The predicted octanol–water partition coefficient (Wildman–Crippen LogP) is 2.07. The largest absolute Gasteiger partial charge is 0.351 e. The summed E-state index contributed by atoms with van der Waals surface area (Å²) in [5, 5.41) is 6.61. The zero-order chi connectivity index (χ0) is 12.9. The minimum absolute atomic E-state index is 0.181. The summed E-state index contributed by atoms with van der Waals surface area (Å²) in [6.07, 6.45) is 3.28. The van der Waals surface area contributed by atoms with Crippen molar-refractivity contribution in [1.82, 2.24) is 10.6 Å². The van der Waals surface area contributed by atoms with Gasteiger partial charge in [-0.15, -0.1) is 0 Å². The predicted molar refractivity (Wildman–Crippen MR) is 69.8 cm³/mol. The molecule has 1 atom stereocenters. The average molecular weight is 238 g/mol. The fourth-order valence-corrected chi connectivity index (χ4v) is 3.10. The lowest BCUT2D eigenvalue weighted by Gasteiger charge is -2.33. The summed E-state index contributed by atoms with van der Waals surface area (Å²) < 4.78 is 0. The van der Waals surface area contributed by atoms with E-state index in [4.69, 9.17) is 0 Å². The number of carbonyl (C=O) groups excluding carboxylic acids is 1. The van der Waals surface area contributed by atoms with Gasteiger partial charge in [0, 0.05) is 6.04 Å². The first-order chi connectivity index (χ1) is 7.72. The number of hydrogen-bond donors (Lipinski definition) is 2. The smallest absolute Gasteiger partial charge is 0.240 e. The van der Waals surface area contributed by atoms with Gasteiger partial charge >= 0.3 is 0 Å². The molecule has 1 aliphatic heterocycles. The van der Waals surface area contributed by atoms with Crippen LogP contribution in [0.1, 0.15) is 53.9 Å². The van der Waals surface area contributed by atoms with Gasteiger partial charge < -0.3 is 10.6 Å². The third kappa shape index (κ3) is 1.88. The summed E-state index contributed by atoms with van der Waals surface area (Å²) in [5.41, 5.74) is 0.0778. The number of hydrogen-bond acceptors (Lipinski definition) is 2. The standard InChI is InChI=1S/C14H26N2O/c1-12(2)10(13(12,3)4)16-11(17)14(5)8-6-7-9-15-14/h10,15H,6-9H2,1-5H3,(H,16,17). The van der Waals surface area contributed by atoms with Gasteiger partial charge in [0.2, 0.25) is 5.91 Å². The minimum Gasteiger partial charge on any atom is -0.351 e. The highest BCUT2D eigenvalue weighted by Crippen LogP contribution is 2.62. The molecule has 1 heterocycles. The molecule has 3 heteroatoms. The summed E-state index contributed by atoms with van der Waals surface area (Å²) in [5.74, 6) is 0.181. The van der Waals surface area contributed by atoms with Gasteiger partial charge in [0.25, 0.3) is 0 Å². The lowest BCUT2D eigenvalue weighted by Crippen LogP contribution is -2.57. The zero-order valence-electron chi connectivity index (χ0n) is 11.8. The molecule has 0 radical (unpaired) electrons. The van der Waals surface area contributed by atoms with E-state index >= 15 is 0 Å². The molecule has 0 aromatic carbocycles. The van der Waals surface area contributed by atoms with Crippen molar-refractivity contribution in [2.75, 3.05) is 6.54 Å². The van der Waals surface area contributed by atoms with E-state index in [1.165, 1.54) is 6.42 Å². The van der Waals surface area contributed by atoms with E-state index in [-0.39, 0.29) is 22.3 Å². The van der Waals surface area contributed by atoms with Crippen molar-refractivity contribution in [3.63, 3.8) is 0 Å². The lowest BCUT2D eigenvalue weighted by atomic mass is 9.90. The maximum Gasteiger partial charge on any atom is 0.240 e. The van der Waals surface area contributed by atoms with Gasteiger partial charge in [-0.1, -0.05) is 27.7 Å². The fourth-order valence-electron chi connectivity index (χ4n) is 3.10. The van der Waals surface area contributed by atoms with Crippen molar-refractivity contribution in [2.45, 2.75) is 65.5 Å². The minimum atomic E-state index is -0.354. The molecule has 1 aliphatic carbocycles. The van der Waals surface area contributed by atoms with Crippen molar-refractivity contribution in [2.24, 2.45) is 10.8 Å². The van der Waals surface area contributed by atoms with Crippen molar-refractivity contribution in [3.05, 3.63) is 0 Å². The van der Waals surface area contributed by atoms with E-state index in [1.807, 2.05) is 6.92 Å². The Hall–Kier alpha value is -0.570. The summed E-state index contributed by atoms with van der Waals surface area (Å²) in [4.78, 5) is 12.4. The molecule has 1 amide bonds. The molecule has 1 saturated carbocycles. The molecule has 1 unspecified atom stereocenters. The van der Waals surface area contributed by atoms with Crippen LogP contribution in [0.5, 0.6) is 0 Å². The van der Waals surface area contributed by atoms with Crippen LogP contribution in [0.2, 0.25) is 0 Å². The first kappa shape index (κ1) is 12.9. The van der Waals surface area contributed by atoms with Gasteiger partial charge in [-0.05, 0) is 43.6 Å². The van der Waals surface area contributed by atoms with Crippen LogP contribution in [0.15, 0.2) is 0 Å². The molecule has 98 valence electrons. The maximum absolute atomic E-state index is 12.4. The summed E-state index contributed by atoms with van der Waals surface area (Å²) in [6.45, 7) is 11.9. The highest BCUT2D eigenvalue weighted by atomic mass is 16.2. The van der Waals surface area contributed by atoms with E-state index in [9.17, 15) is 4.79 Å². The Morgan fingerprint density at radius 1 is 1.12 bits per heavy atom. The highest BCUT2D eigenvalue weighted by Gasteiger charge is 2.65. The molecule has 0 bridgehead atoms. The second-order valence-corrected chi connectivity index (χ2v) is 7.07. The SMILES string of the molecule is CC1(C(=O)NC2C(C)(C)C2(C)C)CCCCN1. The molecule has 3 nitrogen and oxygen atoms in total. The van der Waals surface area contributed by atoms with Crippen LogP contribution in [0.3, 0.4) is 0 Å². The third-order valence-corrected chi connectivity index (χ3v) is 5.42. The molecule has 2 fully saturated rings. The van der Waals surface area contributed by atoms with Crippen LogP contribution >= 0.6 is 0 Å². The molecular formula is C14H26N2O. The summed E-state index contributed by atoms with van der Waals surface area (Å²) in [6, 6.07) is 0.308. The van der Waals surface area contributed by atoms with Crippen LogP contribution in [0.25, 0.3) is 0 Å². The van der Waals surface area contributed by atoms with Crippen LogP contribution in [0, 0.1) is 10.8 Å². The van der Waals surface area contributed by atoms with Crippen LogP contribution < -0.4 is 10.6 Å². The second kappa shape index (κ2) is 3.71. The summed E-state index contributed by atoms with van der Waals surface area (Å²) >= 11 is 0. The average Bonchev–Trinajstić information content (AvgIpc) is 2.62. The van der Waals surface area contributed by atoms with E-state index in [0.29, 0.717) is 6.04 Å². The molecule has 17 heavy (non-hydrogen) atoms. The normalized spacial score (nSPS) is 35.4. The van der Waals surface area contributed by atoms with Gasteiger partial charge in [0.05, 0.1) is 5.54 Å². The number of carbonyl (C=O) groups is 1. The topological polar surface area (TPSA) is 41.1 Å². The Morgan fingerprint density at radius 3 is 2.12 bits per heavy atom. The monoisotopic (exact) mass is 238 g/mol. The molecule has 2 rings (SSSR count). The number of amides is 1. The highest BCUT2D eigenvalue weighted by molar-refractivity contribution is 5.86. The Balaban J connectivity index is 1.99. The molecule has 0 aromatic rings. The Bertz CT molecular complexity index is 313. The van der Waals surface area contributed by atoms with Gasteiger partial charge in [-0.2, -0.15) is 0 Å². The molecule has 1 saturated heterocycles. The second-order valence-electron chi connectivity index (χ2n) is 7.07. The number of nitrogens with one attached hydrogen (secondary N) is 2. The Kier molecular flexibility index (Phi) is 2.81. The maximum atomic E-state index is 12.4. The molecule has 0 spiro atoms. The van der Waals surface area contributed by atoms with E-state index in [0.717, 1.165) is 19.4 Å². The Morgan fingerprint density at radius 2 is 1.71 bits per heavy atom. The first-order valence-corrected chi connectivity index (χ1v) is 6.78. The van der Waals surface area contributed by atoms with Crippen LogP contribution in [-0.4, -0.2) is 24.0 Å². The molecule has 0 aromatic heterocycles. The zero-order valence-corrected chi connectivity index (χ0v) is 11.8. The van der Waals surface area contributed by atoms with Crippen molar-refractivity contribution >= 4 is 5.91 Å². The number of rotatable bonds is 2. The molecule has 2 aliphatic rings. The van der Waals surface area contributed by atoms with E-state index < -0.39 is 0 Å². The molecular weight excluding hydrogens is 212 g/mol. The van der Waals surface area contributed by atoms with E-state index in [1.54, 1.807) is 0 Å². The van der Waals surface area contributed by atoms with Crippen LogP contribution in [0.4, 0.5) is 0 Å². The van der Waals surface area contributed by atoms with Gasteiger partial charge in [0.1, 0.15) is 0 Å². The van der Waals surface area contributed by atoms with Gasteiger partial charge in [-0.3, -0.25) is 4.79 Å². The Labute approximate surface area is 105 Å². The third-order valence-electron chi connectivity index (χ3n) is 5.42.